The molecule has 8 heteroatoms. The van der Waals surface area contributed by atoms with Gasteiger partial charge in [0.15, 0.2) is 5.13 Å². The lowest BCUT2D eigenvalue weighted by atomic mass is 10.0. The van der Waals surface area contributed by atoms with Crippen LogP contribution in [0.4, 0.5) is 11.1 Å². The molecule has 0 saturated heterocycles. The first-order chi connectivity index (χ1) is 14.0. The molecule has 0 aliphatic rings. The lowest BCUT2D eigenvalue weighted by molar-refractivity contribution is 0.425. The fraction of sp³-hybridized carbons (Fsp3) is 0.333. The first kappa shape index (κ1) is 20.7. The molecule has 0 unspecified atom stereocenters. The van der Waals surface area contributed by atoms with E-state index in [1.807, 2.05) is 44.6 Å². The summed E-state index contributed by atoms with van der Waals surface area (Å²) < 4.78 is 0. The lowest BCUT2D eigenvalue weighted by Crippen LogP contribution is -2.21. The summed E-state index contributed by atoms with van der Waals surface area (Å²) in [6.07, 6.45) is 1.82. The monoisotopic (exact) mass is 407 g/mol. The molecule has 0 spiro atoms. The van der Waals surface area contributed by atoms with E-state index in [9.17, 15) is 5.26 Å². The van der Waals surface area contributed by atoms with Crippen LogP contribution in [0.5, 0.6) is 0 Å². The zero-order valence-corrected chi connectivity index (χ0v) is 17.9. The molecule has 0 amide bonds. The molecule has 3 rings (SSSR count). The number of nitrogens with one attached hydrogen (secondary N) is 2. The molecule has 29 heavy (non-hydrogen) atoms. The molecule has 2 heterocycles. The van der Waals surface area contributed by atoms with Crippen LogP contribution in [0.1, 0.15) is 19.4 Å². The predicted octanol–water partition coefficient (Wildman–Crippen LogP) is 3.93. The zero-order valence-electron chi connectivity index (χ0n) is 17.1. The fourth-order valence-electron chi connectivity index (χ4n) is 2.69. The van der Waals surface area contributed by atoms with E-state index in [1.165, 1.54) is 0 Å². The molecule has 0 bridgehead atoms. The van der Waals surface area contributed by atoms with Gasteiger partial charge in [0.2, 0.25) is 5.95 Å². The Morgan fingerprint density at radius 1 is 1.17 bits per heavy atom. The maximum atomic E-state index is 9.49. The Kier molecular flexibility index (Phi) is 6.75. The third-order valence-corrected chi connectivity index (χ3v) is 5.01. The van der Waals surface area contributed by atoms with Gasteiger partial charge in [0.25, 0.3) is 0 Å². The Morgan fingerprint density at radius 3 is 2.66 bits per heavy atom. The second-order valence-electron chi connectivity index (χ2n) is 7.18. The van der Waals surface area contributed by atoms with Crippen LogP contribution in [0.3, 0.4) is 0 Å². The van der Waals surface area contributed by atoms with Gasteiger partial charge in [0, 0.05) is 30.9 Å². The van der Waals surface area contributed by atoms with E-state index in [1.54, 1.807) is 17.4 Å². The third kappa shape index (κ3) is 5.50. The van der Waals surface area contributed by atoms with Crippen LogP contribution in [-0.4, -0.2) is 53.1 Å². The van der Waals surface area contributed by atoms with Crippen molar-refractivity contribution in [2.45, 2.75) is 19.9 Å². The van der Waals surface area contributed by atoms with Gasteiger partial charge in [-0.1, -0.05) is 29.5 Å². The minimum absolute atomic E-state index is 0.306. The minimum atomic E-state index is 0.306. The highest BCUT2D eigenvalue weighted by atomic mass is 32.1. The molecule has 0 radical (unpaired) electrons. The number of hydrogen-bond acceptors (Lipinski definition) is 8. The largest absolute Gasteiger partial charge is 0.359 e. The summed E-state index contributed by atoms with van der Waals surface area (Å²) in [6, 6.07) is 11.9. The number of thiazole rings is 1. The summed E-state index contributed by atoms with van der Waals surface area (Å²) in [5.41, 5.74) is 2.87. The van der Waals surface area contributed by atoms with Crippen molar-refractivity contribution in [3.8, 4) is 27.9 Å². The average Bonchev–Trinajstić information content (AvgIpc) is 3.15. The van der Waals surface area contributed by atoms with E-state index in [4.69, 9.17) is 4.98 Å². The van der Waals surface area contributed by atoms with Crippen LogP contribution < -0.4 is 10.6 Å². The van der Waals surface area contributed by atoms with Gasteiger partial charge < -0.3 is 15.5 Å². The van der Waals surface area contributed by atoms with E-state index in [0.29, 0.717) is 23.2 Å². The molecule has 2 aromatic heterocycles. The smallest absolute Gasteiger partial charge is 0.223 e. The average molecular weight is 408 g/mol. The van der Waals surface area contributed by atoms with Crippen molar-refractivity contribution in [2.24, 2.45) is 0 Å². The zero-order chi connectivity index (χ0) is 20.8. The van der Waals surface area contributed by atoms with E-state index in [-0.39, 0.29) is 0 Å². The Morgan fingerprint density at radius 2 is 1.93 bits per heavy atom. The quantitative estimate of drug-likeness (QED) is 0.585. The normalized spacial score (nSPS) is 10.9. The van der Waals surface area contributed by atoms with Crippen LogP contribution in [0.25, 0.3) is 21.8 Å². The molecule has 0 aliphatic carbocycles. The summed E-state index contributed by atoms with van der Waals surface area (Å²) in [5.74, 6) is 0.541. The van der Waals surface area contributed by atoms with E-state index in [2.05, 4.69) is 45.4 Å². The van der Waals surface area contributed by atoms with Crippen molar-refractivity contribution in [1.82, 2.24) is 19.9 Å². The van der Waals surface area contributed by atoms with Gasteiger partial charge in [-0.15, -0.1) is 0 Å². The first-order valence-corrected chi connectivity index (χ1v) is 10.3. The molecule has 0 fully saturated rings. The molecule has 7 nitrogen and oxygen atoms in total. The SMILES string of the molecule is CC(C)Nc1ncc(-c2cc(-c3ccccc3C#N)nc(NCCN(C)C)n2)s1. The van der Waals surface area contributed by atoms with Gasteiger partial charge in [-0.25, -0.2) is 15.0 Å². The van der Waals surface area contributed by atoms with Gasteiger partial charge in [0.1, 0.15) is 0 Å². The molecule has 1 aromatic carbocycles. The highest BCUT2D eigenvalue weighted by molar-refractivity contribution is 7.18. The second-order valence-corrected chi connectivity index (χ2v) is 8.21. The summed E-state index contributed by atoms with van der Waals surface area (Å²) >= 11 is 1.55. The molecular weight excluding hydrogens is 382 g/mol. The van der Waals surface area contributed by atoms with Crippen molar-refractivity contribution < 1.29 is 0 Å². The van der Waals surface area contributed by atoms with Crippen LogP contribution in [0, 0.1) is 11.3 Å². The topological polar surface area (TPSA) is 89.8 Å². The molecular formula is C21H25N7S. The standard InChI is InChI=1S/C21H25N7S/c1-14(2)25-21-24-13-19(29-21)18-11-17(16-8-6-5-7-15(16)12-22)26-20(27-18)23-9-10-28(3)4/h5-8,11,13-14H,9-10H2,1-4H3,(H,24,25)(H,23,26,27). The van der Waals surface area contributed by atoms with E-state index >= 15 is 0 Å². The predicted molar refractivity (Wildman–Crippen MR) is 119 cm³/mol. The van der Waals surface area contributed by atoms with Crippen LogP contribution in [0.2, 0.25) is 0 Å². The molecule has 150 valence electrons. The van der Waals surface area contributed by atoms with Crippen molar-refractivity contribution in [3.63, 3.8) is 0 Å². The van der Waals surface area contributed by atoms with Crippen LogP contribution in [-0.2, 0) is 0 Å². The molecule has 0 saturated carbocycles. The van der Waals surface area contributed by atoms with E-state index < -0.39 is 0 Å². The lowest BCUT2D eigenvalue weighted by Gasteiger charge is -2.12. The number of anilines is 2. The first-order valence-electron chi connectivity index (χ1n) is 9.46. The van der Waals surface area contributed by atoms with Crippen LogP contribution in [0.15, 0.2) is 36.5 Å². The fourth-order valence-corrected chi connectivity index (χ4v) is 3.61. The number of likely N-dealkylation sites (N-methyl/N-ethyl adjacent to an activating group) is 1. The number of nitrogens with zero attached hydrogens (tertiary/aromatic N) is 5. The van der Waals surface area contributed by atoms with Gasteiger partial charge >= 0.3 is 0 Å². The van der Waals surface area contributed by atoms with Gasteiger partial charge in [-0.05, 0) is 40.1 Å². The Balaban J connectivity index is 2.01. The minimum Gasteiger partial charge on any atom is -0.359 e. The molecule has 3 aromatic rings. The van der Waals surface area contributed by atoms with Gasteiger partial charge in [-0.3, -0.25) is 0 Å². The molecule has 0 aliphatic heterocycles. The second kappa shape index (κ2) is 9.45. The van der Waals surface area contributed by atoms with Crippen molar-refractivity contribution in [1.29, 1.82) is 5.26 Å². The van der Waals surface area contributed by atoms with Gasteiger partial charge in [0.05, 0.1) is 27.9 Å². The van der Waals surface area contributed by atoms with Crippen molar-refractivity contribution in [2.75, 3.05) is 37.8 Å². The highest BCUT2D eigenvalue weighted by Crippen LogP contribution is 2.32. The maximum Gasteiger partial charge on any atom is 0.223 e. The van der Waals surface area contributed by atoms with Gasteiger partial charge in [-0.2, -0.15) is 5.26 Å². The molecule has 2 N–H and O–H groups in total. The number of aromatic nitrogens is 3. The van der Waals surface area contributed by atoms with Crippen LogP contribution >= 0.6 is 11.3 Å². The maximum absolute atomic E-state index is 9.49. The number of nitriles is 1. The summed E-state index contributed by atoms with van der Waals surface area (Å²) in [6.45, 7) is 5.74. The summed E-state index contributed by atoms with van der Waals surface area (Å²) in [5, 5.41) is 17.0. The summed E-state index contributed by atoms with van der Waals surface area (Å²) in [4.78, 5) is 16.9. The Bertz CT molecular complexity index is 1000. The van der Waals surface area contributed by atoms with E-state index in [0.717, 1.165) is 34.4 Å². The number of hydrogen-bond donors (Lipinski definition) is 2. The summed E-state index contributed by atoms with van der Waals surface area (Å²) in [7, 11) is 4.04. The number of rotatable bonds is 8. The molecule has 0 atom stereocenters. The van der Waals surface area contributed by atoms with Crippen molar-refractivity contribution in [3.05, 3.63) is 42.1 Å². The Labute approximate surface area is 175 Å². The third-order valence-electron chi connectivity index (χ3n) is 4.06. The highest BCUT2D eigenvalue weighted by Gasteiger charge is 2.14. The number of benzene rings is 1. The Hall–Kier alpha value is -3.02. The van der Waals surface area contributed by atoms with Crippen molar-refractivity contribution >= 4 is 22.4 Å².